The van der Waals surface area contributed by atoms with Gasteiger partial charge in [0.2, 0.25) is 0 Å². The van der Waals surface area contributed by atoms with Gasteiger partial charge in [-0.2, -0.15) is 0 Å². The van der Waals surface area contributed by atoms with E-state index in [1.165, 1.54) is 0 Å². The molecule has 3 rings (SSSR count). The van der Waals surface area contributed by atoms with Gasteiger partial charge in [0.15, 0.2) is 5.82 Å². The number of nitrogens with zero attached hydrogens (tertiary/aromatic N) is 2. The van der Waals surface area contributed by atoms with E-state index in [4.69, 9.17) is 11.1 Å². The topological polar surface area (TPSA) is 95.9 Å². The van der Waals surface area contributed by atoms with Gasteiger partial charge in [0.25, 0.3) is 0 Å². The SMILES string of the molecule is Cc1ccc2c(C(=N)C[C@H](C)CN)nc(-c3ccccc3O)nc2c1. The van der Waals surface area contributed by atoms with Crippen LogP contribution in [0.1, 0.15) is 24.6 Å². The van der Waals surface area contributed by atoms with E-state index in [1.54, 1.807) is 18.2 Å². The minimum Gasteiger partial charge on any atom is -0.507 e. The summed E-state index contributed by atoms with van der Waals surface area (Å²) in [5.74, 6) is 0.759. The molecule has 0 radical (unpaired) electrons. The van der Waals surface area contributed by atoms with Crippen LogP contribution < -0.4 is 5.73 Å². The molecule has 5 nitrogen and oxygen atoms in total. The van der Waals surface area contributed by atoms with Crippen LogP contribution in [0.15, 0.2) is 42.5 Å². The normalized spacial score (nSPS) is 12.3. The molecule has 0 aliphatic heterocycles. The number of hydrogen-bond acceptors (Lipinski definition) is 5. The van der Waals surface area contributed by atoms with Gasteiger partial charge < -0.3 is 16.2 Å². The molecule has 0 aliphatic carbocycles. The van der Waals surface area contributed by atoms with Gasteiger partial charge >= 0.3 is 0 Å². The molecule has 4 N–H and O–H groups in total. The van der Waals surface area contributed by atoms with E-state index >= 15 is 0 Å². The van der Waals surface area contributed by atoms with Gasteiger partial charge in [-0.1, -0.05) is 31.2 Å². The van der Waals surface area contributed by atoms with Crippen LogP contribution >= 0.6 is 0 Å². The molecule has 0 amide bonds. The van der Waals surface area contributed by atoms with Gasteiger partial charge in [-0.05, 0) is 49.6 Å². The molecule has 1 heterocycles. The highest BCUT2D eigenvalue weighted by Crippen LogP contribution is 2.29. The molecule has 128 valence electrons. The molecule has 2 aromatic carbocycles. The number of nitrogens with two attached hydrogens (primary N) is 1. The second-order valence-corrected chi connectivity index (χ2v) is 6.46. The lowest BCUT2D eigenvalue weighted by Gasteiger charge is -2.13. The Morgan fingerprint density at radius 2 is 1.96 bits per heavy atom. The van der Waals surface area contributed by atoms with Crippen LogP contribution in [0.3, 0.4) is 0 Å². The summed E-state index contributed by atoms with van der Waals surface area (Å²) < 4.78 is 0. The van der Waals surface area contributed by atoms with Crippen molar-refractivity contribution >= 4 is 16.6 Å². The van der Waals surface area contributed by atoms with Gasteiger partial charge in [0.1, 0.15) is 5.75 Å². The Morgan fingerprint density at radius 1 is 1.20 bits per heavy atom. The summed E-state index contributed by atoms with van der Waals surface area (Å²) in [7, 11) is 0. The predicted octanol–water partition coefficient (Wildman–Crippen LogP) is 3.66. The Labute approximate surface area is 147 Å². The number of benzene rings is 2. The molecule has 0 fully saturated rings. The summed E-state index contributed by atoms with van der Waals surface area (Å²) in [6, 6.07) is 12.9. The van der Waals surface area contributed by atoms with Crippen LogP contribution in [0.5, 0.6) is 5.75 Å². The standard InChI is InChI=1S/C20H22N4O/c1-12-7-8-14-17(10-12)23-20(15-5-3-4-6-18(15)25)24-19(14)16(22)9-13(2)11-21/h3-8,10,13,22,25H,9,11,21H2,1-2H3/t13-/m0/s1. The van der Waals surface area contributed by atoms with E-state index in [0.717, 1.165) is 16.5 Å². The van der Waals surface area contributed by atoms with Crippen molar-refractivity contribution in [2.75, 3.05) is 6.54 Å². The second-order valence-electron chi connectivity index (χ2n) is 6.46. The molecule has 1 atom stereocenters. The molecule has 3 aromatic rings. The lowest BCUT2D eigenvalue weighted by Crippen LogP contribution is -2.16. The van der Waals surface area contributed by atoms with Gasteiger partial charge in [0, 0.05) is 5.39 Å². The summed E-state index contributed by atoms with van der Waals surface area (Å²) in [4.78, 5) is 9.23. The van der Waals surface area contributed by atoms with E-state index < -0.39 is 0 Å². The van der Waals surface area contributed by atoms with Crippen LogP contribution in [0.2, 0.25) is 0 Å². The first-order valence-corrected chi connectivity index (χ1v) is 8.34. The van der Waals surface area contributed by atoms with Crippen LogP contribution in [0.4, 0.5) is 0 Å². The lowest BCUT2D eigenvalue weighted by atomic mass is 9.99. The number of phenolic OH excluding ortho intramolecular Hbond substituents is 1. The monoisotopic (exact) mass is 334 g/mol. The predicted molar refractivity (Wildman–Crippen MR) is 101 cm³/mol. The molecule has 0 saturated carbocycles. The van der Waals surface area contributed by atoms with E-state index in [-0.39, 0.29) is 11.7 Å². The van der Waals surface area contributed by atoms with E-state index in [2.05, 4.69) is 9.97 Å². The van der Waals surface area contributed by atoms with Crippen LogP contribution in [0, 0.1) is 18.3 Å². The first-order valence-electron chi connectivity index (χ1n) is 8.34. The molecular formula is C20H22N4O. The molecule has 5 heteroatoms. The molecular weight excluding hydrogens is 312 g/mol. The molecule has 25 heavy (non-hydrogen) atoms. The summed E-state index contributed by atoms with van der Waals surface area (Å²) in [6.45, 7) is 4.55. The third-order valence-corrected chi connectivity index (χ3v) is 4.24. The Bertz CT molecular complexity index is 936. The third-order valence-electron chi connectivity index (χ3n) is 4.24. The Kier molecular flexibility index (Phi) is 4.76. The first-order chi connectivity index (χ1) is 12.0. The average Bonchev–Trinajstić information content (AvgIpc) is 2.60. The second kappa shape index (κ2) is 6.99. The Balaban J connectivity index is 2.20. The van der Waals surface area contributed by atoms with Crippen molar-refractivity contribution in [3.8, 4) is 17.1 Å². The lowest BCUT2D eigenvalue weighted by molar-refractivity contribution is 0.477. The first kappa shape index (κ1) is 17.0. The maximum Gasteiger partial charge on any atom is 0.164 e. The summed E-state index contributed by atoms with van der Waals surface area (Å²) in [5.41, 5.74) is 9.16. The van der Waals surface area contributed by atoms with E-state index in [9.17, 15) is 5.11 Å². The summed E-state index contributed by atoms with van der Waals surface area (Å²) >= 11 is 0. The molecule has 0 unspecified atom stereocenters. The summed E-state index contributed by atoms with van der Waals surface area (Å²) in [6.07, 6.45) is 0.552. The molecule has 1 aromatic heterocycles. The smallest absolute Gasteiger partial charge is 0.164 e. The number of rotatable bonds is 5. The molecule has 0 aliphatic rings. The quantitative estimate of drug-likeness (QED) is 0.620. The molecule has 0 spiro atoms. The van der Waals surface area contributed by atoms with Crippen LogP contribution in [0.25, 0.3) is 22.3 Å². The van der Waals surface area contributed by atoms with Crippen molar-refractivity contribution in [1.82, 2.24) is 9.97 Å². The number of nitrogens with one attached hydrogen (secondary N) is 1. The van der Waals surface area contributed by atoms with Gasteiger partial charge in [0.05, 0.1) is 22.5 Å². The summed E-state index contributed by atoms with van der Waals surface area (Å²) in [5, 5.41) is 19.5. The van der Waals surface area contributed by atoms with Gasteiger partial charge in [-0.15, -0.1) is 0 Å². The number of aromatic hydroxyl groups is 1. The zero-order valence-corrected chi connectivity index (χ0v) is 14.5. The number of aromatic nitrogens is 2. The number of phenols is 1. The average molecular weight is 334 g/mol. The largest absolute Gasteiger partial charge is 0.507 e. The fourth-order valence-electron chi connectivity index (χ4n) is 2.78. The minimum absolute atomic E-state index is 0.127. The Morgan fingerprint density at radius 3 is 2.68 bits per heavy atom. The van der Waals surface area contributed by atoms with Crippen LogP contribution in [-0.4, -0.2) is 27.3 Å². The number of fused-ring (bicyclic) bond motifs is 1. The number of para-hydroxylation sites is 1. The third kappa shape index (κ3) is 3.51. The fourth-order valence-corrected chi connectivity index (χ4v) is 2.78. The van der Waals surface area contributed by atoms with E-state index in [1.807, 2.05) is 38.1 Å². The zero-order chi connectivity index (χ0) is 18.0. The molecule has 0 saturated heterocycles. The van der Waals surface area contributed by atoms with Gasteiger partial charge in [-0.3, -0.25) is 0 Å². The molecule has 0 bridgehead atoms. The van der Waals surface area contributed by atoms with E-state index in [0.29, 0.717) is 35.8 Å². The van der Waals surface area contributed by atoms with Gasteiger partial charge in [-0.25, -0.2) is 9.97 Å². The number of hydrogen-bond donors (Lipinski definition) is 3. The van der Waals surface area contributed by atoms with Crippen molar-refractivity contribution in [2.24, 2.45) is 11.7 Å². The highest BCUT2D eigenvalue weighted by atomic mass is 16.3. The van der Waals surface area contributed by atoms with Crippen LogP contribution in [-0.2, 0) is 0 Å². The zero-order valence-electron chi connectivity index (χ0n) is 14.5. The van der Waals surface area contributed by atoms with Crippen molar-refractivity contribution in [3.63, 3.8) is 0 Å². The maximum atomic E-state index is 10.2. The highest BCUT2D eigenvalue weighted by Gasteiger charge is 2.16. The number of aryl methyl sites for hydroxylation is 1. The van der Waals surface area contributed by atoms with Crippen molar-refractivity contribution in [2.45, 2.75) is 20.3 Å². The highest BCUT2D eigenvalue weighted by molar-refractivity contribution is 6.07. The van der Waals surface area contributed by atoms with Crippen molar-refractivity contribution in [1.29, 1.82) is 5.41 Å². The van der Waals surface area contributed by atoms with Crippen molar-refractivity contribution in [3.05, 3.63) is 53.7 Å². The maximum absolute atomic E-state index is 10.2. The Hall–Kier alpha value is -2.79. The fraction of sp³-hybridized carbons (Fsp3) is 0.250. The minimum atomic E-state index is 0.127. The van der Waals surface area contributed by atoms with Crippen molar-refractivity contribution < 1.29 is 5.11 Å².